The van der Waals surface area contributed by atoms with E-state index in [0.29, 0.717) is 18.1 Å². The Kier molecular flexibility index (Phi) is 3.95. The number of furan rings is 1. The number of hydrogen-bond acceptors (Lipinski definition) is 3. The van der Waals surface area contributed by atoms with Crippen LogP contribution in [0.5, 0.6) is 0 Å². The minimum atomic E-state index is -0.968. The lowest BCUT2D eigenvalue weighted by atomic mass is 10.2. The maximum atomic E-state index is 10.9. The molecule has 1 aromatic carbocycles. The molecule has 0 saturated carbocycles. The van der Waals surface area contributed by atoms with Gasteiger partial charge in [-0.2, -0.15) is 0 Å². The lowest BCUT2D eigenvalue weighted by molar-refractivity contribution is 0.0695. The van der Waals surface area contributed by atoms with Crippen molar-refractivity contribution in [2.75, 3.05) is 5.32 Å². The van der Waals surface area contributed by atoms with E-state index in [4.69, 9.17) is 9.52 Å². The van der Waals surface area contributed by atoms with Gasteiger partial charge in [-0.3, -0.25) is 0 Å². The first kappa shape index (κ1) is 13.7. The Labute approximate surface area is 119 Å². The maximum absolute atomic E-state index is 10.9. The predicted molar refractivity (Wildman–Crippen MR) is 76.6 cm³/mol. The first-order chi connectivity index (χ1) is 8.97. The molecule has 2 aromatic rings. The highest BCUT2D eigenvalue weighted by Gasteiger charge is 2.13. The normalized spacial score (nSPS) is 10.5. The first-order valence-corrected chi connectivity index (χ1v) is 6.59. The van der Waals surface area contributed by atoms with Gasteiger partial charge in [0, 0.05) is 10.2 Å². The van der Waals surface area contributed by atoms with E-state index < -0.39 is 5.97 Å². The number of carbonyl (C=O) groups is 1. The molecule has 5 heteroatoms. The van der Waals surface area contributed by atoms with Crippen LogP contribution in [0.15, 0.2) is 33.2 Å². The van der Waals surface area contributed by atoms with Crippen molar-refractivity contribution in [1.82, 2.24) is 0 Å². The van der Waals surface area contributed by atoms with Gasteiger partial charge >= 0.3 is 5.97 Å². The summed E-state index contributed by atoms with van der Waals surface area (Å²) < 4.78 is 6.37. The number of rotatable bonds is 4. The Hall–Kier alpha value is -1.75. The second-order valence-corrected chi connectivity index (χ2v) is 5.18. The molecule has 1 aromatic heterocycles. The zero-order valence-corrected chi connectivity index (χ0v) is 12.2. The Morgan fingerprint density at radius 1 is 1.37 bits per heavy atom. The zero-order valence-electron chi connectivity index (χ0n) is 10.7. The van der Waals surface area contributed by atoms with E-state index in [0.717, 1.165) is 15.7 Å². The van der Waals surface area contributed by atoms with E-state index in [1.54, 1.807) is 13.0 Å². The van der Waals surface area contributed by atoms with Crippen molar-refractivity contribution in [3.63, 3.8) is 0 Å². The van der Waals surface area contributed by atoms with Crippen LogP contribution in [0.2, 0.25) is 0 Å². The molecule has 0 spiro atoms. The molecule has 100 valence electrons. The summed E-state index contributed by atoms with van der Waals surface area (Å²) in [7, 11) is 0. The quantitative estimate of drug-likeness (QED) is 0.893. The molecule has 2 N–H and O–H groups in total. The zero-order chi connectivity index (χ0) is 14.0. The van der Waals surface area contributed by atoms with Gasteiger partial charge in [0.25, 0.3) is 0 Å². The largest absolute Gasteiger partial charge is 0.478 e. The molecule has 1 heterocycles. The minimum Gasteiger partial charge on any atom is -0.478 e. The van der Waals surface area contributed by atoms with Crippen molar-refractivity contribution in [2.45, 2.75) is 20.4 Å². The topological polar surface area (TPSA) is 62.5 Å². The van der Waals surface area contributed by atoms with E-state index in [2.05, 4.69) is 21.2 Å². The molecule has 0 unspecified atom stereocenters. The van der Waals surface area contributed by atoms with Gasteiger partial charge in [-0.15, -0.1) is 0 Å². The van der Waals surface area contributed by atoms with Crippen LogP contribution >= 0.6 is 15.9 Å². The second kappa shape index (κ2) is 5.48. The standard InChI is InChI=1S/C14H14BrNO3/c1-8-3-4-12(15)13(5-8)16-7-10-6-11(14(17)18)9(2)19-10/h3-6,16H,7H2,1-2H3,(H,17,18). The number of carboxylic acids is 1. The van der Waals surface area contributed by atoms with Crippen LogP contribution < -0.4 is 5.32 Å². The predicted octanol–water partition coefficient (Wildman–Crippen LogP) is 3.97. The summed E-state index contributed by atoms with van der Waals surface area (Å²) in [6, 6.07) is 7.54. The third-order valence-corrected chi connectivity index (χ3v) is 3.47. The number of benzene rings is 1. The number of aromatic carboxylic acids is 1. The molecule has 0 atom stereocenters. The Morgan fingerprint density at radius 3 is 2.74 bits per heavy atom. The lowest BCUT2D eigenvalue weighted by Crippen LogP contribution is -1.99. The molecule has 0 bridgehead atoms. The van der Waals surface area contributed by atoms with Crippen molar-refractivity contribution >= 4 is 27.6 Å². The van der Waals surface area contributed by atoms with Crippen LogP contribution in [-0.4, -0.2) is 11.1 Å². The summed E-state index contributed by atoms with van der Waals surface area (Å²) in [5, 5.41) is 12.2. The molecule has 0 aliphatic carbocycles. The summed E-state index contributed by atoms with van der Waals surface area (Å²) in [5.41, 5.74) is 2.30. The van der Waals surface area contributed by atoms with E-state index in [1.165, 1.54) is 0 Å². The number of halogens is 1. The number of nitrogens with one attached hydrogen (secondary N) is 1. The number of aryl methyl sites for hydroxylation is 2. The number of anilines is 1. The molecule has 0 aliphatic heterocycles. The van der Waals surface area contributed by atoms with Crippen LogP contribution in [0.4, 0.5) is 5.69 Å². The number of carboxylic acid groups (broad SMARTS) is 1. The SMILES string of the molecule is Cc1ccc(Br)c(NCc2cc(C(=O)O)c(C)o2)c1. The fourth-order valence-corrected chi connectivity index (χ4v) is 2.19. The van der Waals surface area contributed by atoms with E-state index >= 15 is 0 Å². The molecular weight excluding hydrogens is 310 g/mol. The van der Waals surface area contributed by atoms with Gasteiger partial charge in [0.1, 0.15) is 17.1 Å². The van der Waals surface area contributed by atoms with Gasteiger partial charge in [0.15, 0.2) is 0 Å². The van der Waals surface area contributed by atoms with Crippen molar-refractivity contribution in [2.24, 2.45) is 0 Å². The average Bonchev–Trinajstić information content (AvgIpc) is 2.72. The molecule has 0 aliphatic rings. The highest BCUT2D eigenvalue weighted by molar-refractivity contribution is 9.10. The Balaban J connectivity index is 2.12. The molecule has 4 nitrogen and oxygen atoms in total. The fourth-order valence-electron chi connectivity index (χ4n) is 1.80. The van der Waals surface area contributed by atoms with Crippen molar-refractivity contribution in [1.29, 1.82) is 0 Å². The maximum Gasteiger partial charge on any atom is 0.339 e. The molecule has 0 radical (unpaired) electrons. The van der Waals surface area contributed by atoms with Gasteiger partial charge in [-0.05, 0) is 53.5 Å². The van der Waals surface area contributed by atoms with Gasteiger partial charge < -0.3 is 14.8 Å². The summed E-state index contributed by atoms with van der Waals surface area (Å²) >= 11 is 3.46. The monoisotopic (exact) mass is 323 g/mol. The van der Waals surface area contributed by atoms with Crippen LogP contribution in [0.3, 0.4) is 0 Å². The second-order valence-electron chi connectivity index (χ2n) is 4.32. The third-order valence-electron chi connectivity index (χ3n) is 2.77. The van der Waals surface area contributed by atoms with E-state index in [9.17, 15) is 4.79 Å². The highest BCUT2D eigenvalue weighted by atomic mass is 79.9. The molecule has 0 saturated heterocycles. The van der Waals surface area contributed by atoms with Crippen LogP contribution in [-0.2, 0) is 6.54 Å². The van der Waals surface area contributed by atoms with Gasteiger partial charge in [0.2, 0.25) is 0 Å². The van der Waals surface area contributed by atoms with E-state index in [-0.39, 0.29) is 5.56 Å². The van der Waals surface area contributed by atoms with Crippen LogP contribution in [0.1, 0.15) is 27.4 Å². The van der Waals surface area contributed by atoms with Crippen molar-refractivity contribution < 1.29 is 14.3 Å². The van der Waals surface area contributed by atoms with Gasteiger partial charge in [-0.25, -0.2) is 4.79 Å². The highest BCUT2D eigenvalue weighted by Crippen LogP contribution is 2.24. The molecule has 19 heavy (non-hydrogen) atoms. The van der Waals surface area contributed by atoms with Crippen molar-refractivity contribution in [3.05, 3.63) is 51.4 Å². The summed E-state index contributed by atoms with van der Waals surface area (Å²) in [4.78, 5) is 10.9. The third kappa shape index (κ3) is 3.17. The summed E-state index contributed by atoms with van der Waals surface area (Å²) in [6.45, 7) is 4.10. The number of hydrogen-bond donors (Lipinski definition) is 2. The Morgan fingerprint density at radius 2 is 2.11 bits per heavy atom. The van der Waals surface area contributed by atoms with Crippen LogP contribution in [0, 0.1) is 13.8 Å². The van der Waals surface area contributed by atoms with E-state index in [1.807, 2.05) is 25.1 Å². The summed E-state index contributed by atoms with van der Waals surface area (Å²) in [6.07, 6.45) is 0. The molecule has 2 rings (SSSR count). The van der Waals surface area contributed by atoms with Gasteiger partial charge in [-0.1, -0.05) is 6.07 Å². The van der Waals surface area contributed by atoms with Gasteiger partial charge in [0.05, 0.1) is 6.54 Å². The van der Waals surface area contributed by atoms with Crippen LogP contribution in [0.25, 0.3) is 0 Å². The first-order valence-electron chi connectivity index (χ1n) is 5.80. The molecule has 0 fully saturated rings. The van der Waals surface area contributed by atoms with Crippen molar-refractivity contribution in [3.8, 4) is 0 Å². The molecule has 0 amide bonds. The minimum absolute atomic E-state index is 0.208. The summed E-state index contributed by atoms with van der Waals surface area (Å²) in [5.74, 6) is 0.0557. The lowest BCUT2D eigenvalue weighted by Gasteiger charge is -2.07. The smallest absolute Gasteiger partial charge is 0.339 e. The Bertz CT molecular complexity index is 619. The average molecular weight is 324 g/mol. The molecular formula is C14H14BrNO3. The fraction of sp³-hybridized carbons (Fsp3) is 0.214.